The van der Waals surface area contributed by atoms with Gasteiger partial charge in [-0.25, -0.2) is 0 Å². The van der Waals surface area contributed by atoms with E-state index in [2.05, 4.69) is 9.97 Å². The number of phenols is 2. The van der Waals surface area contributed by atoms with Gasteiger partial charge in [0.1, 0.15) is 28.2 Å². The molecular weight excluding hydrogens is 448 g/mol. The van der Waals surface area contributed by atoms with E-state index in [0.29, 0.717) is 22.2 Å². The molecule has 0 amide bonds. The summed E-state index contributed by atoms with van der Waals surface area (Å²) < 4.78 is 11.1. The second-order valence-corrected chi connectivity index (χ2v) is 7.98. The van der Waals surface area contributed by atoms with Crippen LogP contribution < -0.4 is 5.43 Å². The molecule has 3 aromatic carbocycles. The molecule has 0 unspecified atom stereocenters. The van der Waals surface area contributed by atoms with Crippen molar-refractivity contribution in [3.63, 3.8) is 0 Å². The van der Waals surface area contributed by atoms with Gasteiger partial charge in [0.2, 0.25) is 0 Å². The van der Waals surface area contributed by atoms with Gasteiger partial charge >= 0.3 is 5.97 Å². The number of phenolic OH excluding ortho intramolecular Hbond substituents is 2. The van der Waals surface area contributed by atoms with E-state index < -0.39 is 23.1 Å². The number of carbonyl (C=O) groups is 1. The number of benzene rings is 3. The molecule has 8 nitrogen and oxygen atoms in total. The molecule has 35 heavy (non-hydrogen) atoms. The molecule has 2 heterocycles. The number of methoxy groups -OCH3 is 1. The number of ether oxygens (including phenoxy) is 1. The molecule has 8 heteroatoms. The molecule has 0 fully saturated rings. The smallest absolute Gasteiger partial charge is 0.306 e. The van der Waals surface area contributed by atoms with E-state index in [4.69, 9.17) is 9.15 Å². The standard InChI is InChI=1S/C27H20N2O6/c1-34-23(33)12-17(16-8-5-9-18-26(16)29-11-10-28-18)24-19(30)13-20(31)25-21(32)14-22(35-27(24)25)15-6-3-2-4-7-15/h2-11,13-14,17,30-31H,12H2,1H3/t17-/m1/s1. The van der Waals surface area contributed by atoms with Crippen LogP contribution in [0.2, 0.25) is 0 Å². The van der Waals surface area contributed by atoms with Gasteiger partial charge in [-0.2, -0.15) is 0 Å². The van der Waals surface area contributed by atoms with Crippen LogP contribution in [-0.2, 0) is 9.53 Å². The molecule has 0 bridgehead atoms. The maximum Gasteiger partial charge on any atom is 0.306 e. The predicted molar refractivity (Wildman–Crippen MR) is 129 cm³/mol. The molecular formula is C27H20N2O6. The number of para-hydroxylation sites is 1. The quantitative estimate of drug-likeness (QED) is 0.361. The van der Waals surface area contributed by atoms with Gasteiger partial charge in [-0.05, 0) is 11.6 Å². The third kappa shape index (κ3) is 3.95. The van der Waals surface area contributed by atoms with Crippen LogP contribution in [0.5, 0.6) is 11.5 Å². The van der Waals surface area contributed by atoms with Crippen LogP contribution in [-0.4, -0.2) is 33.3 Å². The van der Waals surface area contributed by atoms with Gasteiger partial charge in [-0.1, -0.05) is 42.5 Å². The summed E-state index contributed by atoms with van der Waals surface area (Å²) in [6, 6.07) is 16.7. The maximum absolute atomic E-state index is 13.1. The molecule has 1 atom stereocenters. The van der Waals surface area contributed by atoms with Gasteiger partial charge in [-0.15, -0.1) is 0 Å². The van der Waals surface area contributed by atoms with Crippen LogP contribution >= 0.6 is 0 Å². The van der Waals surface area contributed by atoms with Crippen molar-refractivity contribution in [3.05, 3.63) is 94.4 Å². The fourth-order valence-electron chi connectivity index (χ4n) is 4.32. The first kappa shape index (κ1) is 22.1. The number of aromatic hydroxyl groups is 2. The fraction of sp³-hybridized carbons (Fsp3) is 0.111. The van der Waals surface area contributed by atoms with Crippen LogP contribution in [0.15, 0.2) is 82.3 Å². The third-order valence-electron chi connectivity index (χ3n) is 5.91. The minimum Gasteiger partial charge on any atom is -0.507 e. The molecule has 5 rings (SSSR count). The summed E-state index contributed by atoms with van der Waals surface area (Å²) in [5.74, 6) is -1.87. The minimum absolute atomic E-state index is 0.0244. The van der Waals surface area contributed by atoms with Crippen molar-refractivity contribution in [1.29, 1.82) is 0 Å². The first-order valence-corrected chi connectivity index (χ1v) is 10.8. The second kappa shape index (κ2) is 8.90. The van der Waals surface area contributed by atoms with Crippen LogP contribution in [0.3, 0.4) is 0 Å². The summed E-state index contributed by atoms with van der Waals surface area (Å²) in [5, 5.41) is 21.5. The van der Waals surface area contributed by atoms with Crippen LogP contribution in [0.25, 0.3) is 33.3 Å². The molecule has 174 valence electrons. The van der Waals surface area contributed by atoms with E-state index in [1.807, 2.05) is 6.07 Å². The lowest BCUT2D eigenvalue weighted by Gasteiger charge is -2.21. The highest BCUT2D eigenvalue weighted by Crippen LogP contribution is 2.44. The van der Waals surface area contributed by atoms with E-state index in [1.165, 1.54) is 19.4 Å². The highest BCUT2D eigenvalue weighted by molar-refractivity contribution is 5.92. The summed E-state index contributed by atoms with van der Waals surface area (Å²) >= 11 is 0. The zero-order chi connectivity index (χ0) is 24.5. The lowest BCUT2D eigenvalue weighted by molar-refractivity contribution is -0.140. The molecule has 0 aliphatic rings. The third-order valence-corrected chi connectivity index (χ3v) is 5.91. The Kier molecular flexibility index (Phi) is 5.62. The lowest BCUT2D eigenvalue weighted by atomic mass is 9.85. The topological polar surface area (TPSA) is 123 Å². The highest BCUT2D eigenvalue weighted by Gasteiger charge is 2.29. The summed E-state index contributed by atoms with van der Waals surface area (Å²) in [5.41, 5.74) is 1.98. The summed E-state index contributed by atoms with van der Waals surface area (Å²) in [4.78, 5) is 34.3. The van der Waals surface area contributed by atoms with Crippen LogP contribution in [0, 0.1) is 0 Å². The molecule has 2 aromatic heterocycles. The summed E-state index contributed by atoms with van der Waals surface area (Å²) in [7, 11) is 1.27. The second-order valence-electron chi connectivity index (χ2n) is 7.98. The number of carbonyl (C=O) groups excluding carboxylic acids is 1. The number of aromatic nitrogens is 2. The van der Waals surface area contributed by atoms with Crippen molar-refractivity contribution in [1.82, 2.24) is 9.97 Å². The van der Waals surface area contributed by atoms with Crippen LogP contribution in [0.1, 0.15) is 23.5 Å². The van der Waals surface area contributed by atoms with Crippen molar-refractivity contribution < 1.29 is 24.2 Å². The molecule has 0 saturated heterocycles. The zero-order valence-corrected chi connectivity index (χ0v) is 18.6. The Morgan fingerprint density at radius 3 is 2.54 bits per heavy atom. The zero-order valence-electron chi connectivity index (χ0n) is 18.6. The summed E-state index contributed by atoms with van der Waals surface area (Å²) in [6.45, 7) is 0. The van der Waals surface area contributed by atoms with E-state index >= 15 is 0 Å². The molecule has 0 spiro atoms. The van der Waals surface area contributed by atoms with Crippen molar-refractivity contribution in [2.75, 3.05) is 7.11 Å². The van der Waals surface area contributed by atoms with E-state index in [0.717, 1.165) is 6.07 Å². The van der Waals surface area contributed by atoms with Crippen molar-refractivity contribution in [2.24, 2.45) is 0 Å². The molecule has 0 saturated carbocycles. The molecule has 0 aliphatic heterocycles. The van der Waals surface area contributed by atoms with Crippen molar-refractivity contribution in [2.45, 2.75) is 12.3 Å². The average molecular weight is 468 g/mol. The largest absolute Gasteiger partial charge is 0.507 e. The van der Waals surface area contributed by atoms with Gasteiger partial charge in [0, 0.05) is 41.6 Å². The first-order chi connectivity index (χ1) is 17.0. The Bertz CT molecular complexity index is 1620. The Hall–Kier alpha value is -4.72. The van der Waals surface area contributed by atoms with E-state index in [9.17, 15) is 19.8 Å². The van der Waals surface area contributed by atoms with Crippen LogP contribution in [0.4, 0.5) is 0 Å². The Morgan fingerprint density at radius 2 is 1.77 bits per heavy atom. The monoisotopic (exact) mass is 468 g/mol. The van der Waals surface area contributed by atoms with Gasteiger partial charge in [0.05, 0.1) is 24.6 Å². The molecule has 0 radical (unpaired) electrons. The maximum atomic E-state index is 13.1. The summed E-state index contributed by atoms with van der Waals surface area (Å²) in [6.07, 6.45) is 2.91. The number of nitrogens with zero attached hydrogens (tertiary/aromatic N) is 2. The van der Waals surface area contributed by atoms with Gasteiger partial charge in [-0.3, -0.25) is 19.6 Å². The minimum atomic E-state index is -0.819. The number of esters is 1. The van der Waals surface area contributed by atoms with E-state index in [-0.39, 0.29) is 34.5 Å². The number of hydrogen-bond donors (Lipinski definition) is 2. The van der Waals surface area contributed by atoms with Gasteiger partial charge < -0.3 is 19.4 Å². The van der Waals surface area contributed by atoms with Gasteiger partial charge in [0.25, 0.3) is 0 Å². The Balaban J connectivity index is 1.86. The molecule has 2 N–H and O–H groups in total. The normalized spacial score (nSPS) is 12.0. The lowest BCUT2D eigenvalue weighted by Crippen LogP contribution is -2.13. The molecule has 0 aliphatic carbocycles. The number of hydrogen-bond acceptors (Lipinski definition) is 8. The average Bonchev–Trinajstić information content (AvgIpc) is 2.87. The van der Waals surface area contributed by atoms with Gasteiger partial charge in [0.15, 0.2) is 5.43 Å². The van der Waals surface area contributed by atoms with Crippen molar-refractivity contribution in [3.8, 4) is 22.8 Å². The number of fused-ring (bicyclic) bond motifs is 2. The van der Waals surface area contributed by atoms with E-state index in [1.54, 1.807) is 48.7 Å². The highest BCUT2D eigenvalue weighted by atomic mass is 16.5. The first-order valence-electron chi connectivity index (χ1n) is 10.8. The number of rotatable bonds is 5. The fourth-order valence-corrected chi connectivity index (χ4v) is 4.32. The Labute approximate surface area is 199 Å². The Morgan fingerprint density at radius 1 is 1.00 bits per heavy atom. The predicted octanol–water partition coefficient (Wildman–Crippen LogP) is 4.51. The SMILES string of the molecule is COC(=O)C[C@H](c1cccc2nccnc12)c1c(O)cc(O)c2c(=O)cc(-c3ccccc3)oc12. The molecule has 5 aromatic rings. The van der Waals surface area contributed by atoms with Crippen molar-refractivity contribution >= 4 is 28.0 Å².